The monoisotopic (exact) mass is 229 g/mol. The first kappa shape index (κ1) is 9.36. The molecule has 0 fully saturated rings. The summed E-state index contributed by atoms with van der Waals surface area (Å²) in [6.45, 7) is 0. The van der Waals surface area contributed by atoms with Crippen molar-refractivity contribution in [2.45, 2.75) is 0 Å². The molecule has 16 heavy (non-hydrogen) atoms. The highest BCUT2D eigenvalue weighted by atomic mass is 35.5. The number of nitrogens with zero attached hydrogens (tertiary/aromatic N) is 2. The standard InChI is InChI=1S/C12H8ClN3/c13-9-3-1-2-8(6-9)12-10-7-14-5-4-11(10)15-16-12/h1-7H,(H,15,16). The van der Waals surface area contributed by atoms with Crippen LogP contribution in [0.4, 0.5) is 0 Å². The van der Waals surface area contributed by atoms with Gasteiger partial charge in [-0.15, -0.1) is 0 Å². The van der Waals surface area contributed by atoms with E-state index in [4.69, 9.17) is 11.6 Å². The van der Waals surface area contributed by atoms with E-state index in [9.17, 15) is 0 Å². The van der Waals surface area contributed by atoms with Crippen LogP contribution < -0.4 is 0 Å². The van der Waals surface area contributed by atoms with E-state index in [0.29, 0.717) is 5.02 Å². The lowest BCUT2D eigenvalue weighted by atomic mass is 10.1. The molecule has 0 amide bonds. The van der Waals surface area contributed by atoms with Gasteiger partial charge in [-0.1, -0.05) is 23.7 Å². The molecular formula is C12H8ClN3. The maximum Gasteiger partial charge on any atom is 0.102 e. The number of benzene rings is 1. The van der Waals surface area contributed by atoms with E-state index in [1.165, 1.54) is 0 Å². The molecule has 0 aliphatic rings. The molecular weight excluding hydrogens is 222 g/mol. The number of aromatic amines is 1. The Morgan fingerprint density at radius 3 is 3.00 bits per heavy atom. The summed E-state index contributed by atoms with van der Waals surface area (Å²) in [5.74, 6) is 0. The molecule has 0 saturated carbocycles. The van der Waals surface area contributed by atoms with Gasteiger partial charge in [0.1, 0.15) is 5.69 Å². The molecule has 0 aliphatic heterocycles. The smallest absolute Gasteiger partial charge is 0.102 e. The Hall–Kier alpha value is -1.87. The molecule has 4 heteroatoms. The second kappa shape index (κ2) is 3.61. The van der Waals surface area contributed by atoms with Crippen molar-refractivity contribution in [3.63, 3.8) is 0 Å². The van der Waals surface area contributed by atoms with Crippen LogP contribution in [-0.2, 0) is 0 Å². The van der Waals surface area contributed by atoms with Crippen molar-refractivity contribution >= 4 is 22.5 Å². The third kappa shape index (κ3) is 1.46. The minimum absolute atomic E-state index is 0.706. The minimum atomic E-state index is 0.706. The van der Waals surface area contributed by atoms with Crippen LogP contribution in [0.15, 0.2) is 42.7 Å². The number of pyridine rings is 1. The molecule has 3 nitrogen and oxygen atoms in total. The second-order valence-electron chi connectivity index (χ2n) is 3.50. The molecule has 3 rings (SSSR count). The van der Waals surface area contributed by atoms with Crippen molar-refractivity contribution in [1.29, 1.82) is 0 Å². The lowest BCUT2D eigenvalue weighted by Crippen LogP contribution is -1.78. The summed E-state index contributed by atoms with van der Waals surface area (Å²) >= 11 is 5.96. The number of hydrogen-bond donors (Lipinski definition) is 1. The topological polar surface area (TPSA) is 41.6 Å². The Morgan fingerprint density at radius 1 is 1.19 bits per heavy atom. The Kier molecular flexibility index (Phi) is 2.11. The number of rotatable bonds is 1. The van der Waals surface area contributed by atoms with Gasteiger partial charge in [0.2, 0.25) is 0 Å². The van der Waals surface area contributed by atoms with Crippen molar-refractivity contribution in [2.24, 2.45) is 0 Å². The normalized spacial score (nSPS) is 10.8. The van der Waals surface area contributed by atoms with E-state index in [0.717, 1.165) is 22.2 Å². The summed E-state index contributed by atoms with van der Waals surface area (Å²) < 4.78 is 0. The molecule has 78 valence electrons. The maximum absolute atomic E-state index is 5.96. The fourth-order valence-corrected chi connectivity index (χ4v) is 1.90. The van der Waals surface area contributed by atoms with Crippen LogP contribution in [0.2, 0.25) is 5.02 Å². The average molecular weight is 230 g/mol. The van der Waals surface area contributed by atoms with E-state index < -0.39 is 0 Å². The maximum atomic E-state index is 5.96. The van der Waals surface area contributed by atoms with E-state index in [1.807, 2.05) is 30.3 Å². The fourth-order valence-electron chi connectivity index (χ4n) is 1.71. The number of aromatic nitrogens is 3. The molecule has 0 radical (unpaired) electrons. The van der Waals surface area contributed by atoms with Crippen molar-refractivity contribution in [1.82, 2.24) is 15.2 Å². The summed E-state index contributed by atoms with van der Waals surface area (Å²) in [7, 11) is 0. The largest absolute Gasteiger partial charge is 0.277 e. The van der Waals surface area contributed by atoms with E-state index >= 15 is 0 Å². The van der Waals surface area contributed by atoms with Gasteiger partial charge in [0, 0.05) is 28.4 Å². The van der Waals surface area contributed by atoms with Crippen LogP contribution in [0, 0.1) is 0 Å². The summed E-state index contributed by atoms with van der Waals surface area (Å²) in [6.07, 6.45) is 3.54. The van der Waals surface area contributed by atoms with Gasteiger partial charge in [-0.3, -0.25) is 10.1 Å². The van der Waals surface area contributed by atoms with E-state index in [2.05, 4.69) is 15.2 Å². The molecule has 0 spiro atoms. The lowest BCUT2D eigenvalue weighted by Gasteiger charge is -1.97. The number of halogens is 1. The van der Waals surface area contributed by atoms with Crippen LogP contribution >= 0.6 is 11.6 Å². The van der Waals surface area contributed by atoms with Gasteiger partial charge < -0.3 is 0 Å². The van der Waals surface area contributed by atoms with Gasteiger partial charge >= 0.3 is 0 Å². The molecule has 0 atom stereocenters. The van der Waals surface area contributed by atoms with Crippen LogP contribution in [-0.4, -0.2) is 15.2 Å². The lowest BCUT2D eigenvalue weighted by molar-refractivity contribution is 1.12. The van der Waals surface area contributed by atoms with Gasteiger partial charge in [0.25, 0.3) is 0 Å². The highest BCUT2D eigenvalue weighted by molar-refractivity contribution is 6.30. The fraction of sp³-hybridized carbons (Fsp3) is 0. The highest BCUT2D eigenvalue weighted by Crippen LogP contribution is 2.26. The second-order valence-corrected chi connectivity index (χ2v) is 3.94. The predicted octanol–water partition coefficient (Wildman–Crippen LogP) is 3.28. The summed E-state index contributed by atoms with van der Waals surface area (Å²) in [5.41, 5.74) is 2.85. The van der Waals surface area contributed by atoms with Crippen LogP contribution in [0.25, 0.3) is 22.2 Å². The first-order valence-corrected chi connectivity index (χ1v) is 5.26. The highest BCUT2D eigenvalue weighted by Gasteiger charge is 2.07. The number of nitrogens with one attached hydrogen (secondary N) is 1. The summed E-state index contributed by atoms with van der Waals surface area (Å²) in [5, 5.41) is 8.97. The molecule has 0 aliphatic carbocycles. The SMILES string of the molecule is Clc1cccc(-c2n[nH]c3ccncc23)c1. The zero-order valence-corrected chi connectivity index (χ0v) is 9.07. The quantitative estimate of drug-likeness (QED) is 0.696. The van der Waals surface area contributed by atoms with Gasteiger partial charge in [0.15, 0.2) is 0 Å². The minimum Gasteiger partial charge on any atom is -0.277 e. The first-order valence-electron chi connectivity index (χ1n) is 4.88. The molecule has 2 heterocycles. The number of hydrogen-bond acceptors (Lipinski definition) is 2. The summed E-state index contributed by atoms with van der Waals surface area (Å²) in [4.78, 5) is 4.10. The van der Waals surface area contributed by atoms with Crippen LogP contribution in [0.5, 0.6) is 0 Å². The molecule has 0 unspecified atom stereocenters. The van der Waals surface area contributed by atoms with Gasteiger partial charge in [-0.05, 0) is 18.2 Å². The van der Waals surface area contributed by atoms with Gasteiger partial charge in [-0.25, -0.2) is 0 Å². The molecule has 0 saturated heterocycles. The molecule has 1 aromatic carbocycles. The van der Waals surface area contributed by atoms with Gasteiger partial charge in [-0.2, -0.15) is 5.10 Å². The zero-order chi connectivity index (χ0) is 11.0. The zero-order valence-electron chi connectivity index (χ0n) is 8.31. The Bertz CT molecular complexity index is 645. The van der Waals surface area contributed by atoms with Crippen molar-refractivity contribution < 1.29 is 0 Å². The van der Waals surface area contributed by atoms with Crippen molar-refractivity contribution in [2.75, 3.05) is 0 Å². The van der Waals surface area contributed by atoms with E-state index in [1.54, 1.807) is 12.4 Å². The van der Waals surface area contributed by atoms with E-state index in [-0.39, 0.29) is 0 Å². The molecule has 3 aromatic rings. The third-order valence-corrected chi connectivity index (χ3v) is 2.70. The average Bonchev–Trinajstić information content (AvgIpc) is 2.72. The van der Waals surface area contributed by atoms with Crippen molar-refractivity contribution in [3.8, 4) is 11.3 Å². The molecule has 0 bridgehead atoms. The summed E-state index contributed by atoms with van der Waals surface area (Å²) in [6, 6.07) is 9.53. The molecule has 1 N–H and O–H groups in total. The van der Waals surface area contributed by atoms with Crippen LogP contribution in [0.1, 0.15) is 0 Å². The van der Waals surface area contributed by atoms with Crippen molar-refractivity contribution in [3.05, 3.63) is 47.7 Å². The Morgan fingerprint density at radius 2 is 2.12 bits per heavy atom. The van der Waals surface area contributed by atoms with Crippen LogP contribution in [0.3, 0.4) is 0 Å². The number of H-pyrrole nitrogens is 1. The van der Waals surface area contributed by atoms with Gasteiger partial charge in [0.05, 0.1) is 5.52 Å². The third-order valence-electron chi connectivity index (χ3n) is 2.46. The Labute approximate surface area is 97.1 Å². The predicted molar refractivity (Wildman–Crippen MR) is 64.3 cm³/mol. The Balaban J connectivity index is 2.26. The number of fused-ring (bicyclic) bond motifs is 1. The first-order chi connectivity index (χ1) is 7.84. The molecule has 2 aromatic heterocycles.